The third-order valence-electron chi connectivity index (χ3n) is 4.68. The molecule has 0 radical (unpaired) electrons. The molecule has 1 aromatic carbocycles. The Morgan fingerprint density at radius 2 is 1.91 bits per heavy atom. The molecule has 0 saturated carbocycles. The number of nitrogens with one attached hydrogen (secondary N) is 1. The van der Waals surface area contributed by atoms with Crippen LogP contribution in [0.25, 0.3) is 0 Å². The number of fused-ring (bicyclic) bond motifs is 2. The van der Waals surface area contributed by atoms with E-state index in [1.165, 1.54) is 0 Å². The predicted molar refractivity (Wildman–Crippen MR) is 82.6 cm³/mol. The number of hydrogen-bond donors (Lipinski definition) is 1. The minimum Gasteiger partial charge on any atom is -0.319 e. The van der Waals surface area contributed by atoms with Crippen LogP contribution < -0.4 is 5.32 Å². The molecule has 6 nitrogen and oxygen atoms in total. The van der Waals surface area contributed by atoms with Crippen LogP contribution in [0.4, 0.5) is 5.69 Å². The number of likely N-dealkylation sites (tertiary alicyclic amines) is 1. The Kier molecular flexibility index (Phi) is 3.18. The summed E-state index contributed by atoms with van der Waals surface area (Å²) in [5.41, 5.74) is 0.777. The Morgan fingerprint density at radius 3 is 2.73 bits per heavy atom. The fourth-order valence-electron chi connectivity index (χ4n) is 3.64. The van der Waals surface area contributed by atoms with E-state index in [1.807, 2.05) is 34.9 Å². The van der Waals surface area contributed by atoms with Crippen molar-refractivity contribution in [3.8, 4) is 0 Å². The van der Waals surface area contributed by atoms with Crippen LogP contribution in [0, 0.1) is 11.8 Å². The summed E-state index contributed by atoms with van der Waals surface area (Å²) in [5.74, 6) is 2.42. The Bertz CT molecular complexity index is 696. The van der Waals surface area contributed by atoms with E-state index < -0.39 is 0 Å². The van der Waals surface area contributed by atoms with Crippen molar-refractivity contribution in [3.63, 3.8) is 0 Å². The average Bonchev–Trinajstić information content (AvgIpc) is 3.07. The normalized spacial score (nSPS) is 23.9. The first-order valence-electron chi connectivity index (χ1n) is 7.68. The highest BCUT2D eigenvalue weighted by atomic mass is 16.2. The number of para-hydroxylation sites is 1. The summed E-state index contributed by atoms with van der Waals surface area (Å²) in [5, 5.41) is 11.3. The van der Waals surface area contributed by atoms with Crippen molar-refractivity contribution in [2.45, 2.75) is 13.0 Å². The number of carbonyl (C=O) groups excluding carboxylic acids is 1. The molecule has 1 fully saturated rings. The second kappa shape index (κ2) is 5.21. The lowest BCUT2D eigenvalue weighted by molar-refractivity contribution is 0.100. The molecular formula is C16H19N5O. The van der Waals surface area contributed by atoms with Gasteiger partial charge in [0.25, 0.3) is 5.91 Å². The zero-order valence-corrected chi connectivity index (χ0v) is 12.6. The number of hydrogen-bond acceptors (Lipinski definition) is 4. The molecule has 3 heterocycles. The summed E-state index contributed by atoms with van der Waals surface area (Å²) in [7, 11) is 2.16. The maximum absolute atomic E-state index is 12.5. The molecule has 0 bridgehead atoms. The monoisotopic (exact) mass is 297 g/mol. The van der Waals surface area contributed by atoms with Gasteiger partial charge in [0.05, 0.1) is 0 Å². The molecule has 2 atom stereocenters. The van der Waals surface area contributed by atoms with E-state index in [2.05, 4.69) is 27.5 Å². The van der Waals surface area contributed by atoms with E-state index in [-0.39, 0.29) is 5.91 Å². The smallest absolute Gasteiger partial charge is 0.293 e. The van der Waals surface area contributed by atoms with Crippen LogP contribution in [0.3, 0.4) is 0 Å². The average molecular weight is 297 g/mol. The van der Waals surface area contributed by atoms with Crippen LogP contribution in [-0.2, 0) is 13.0 Å². The minimum absolute atomic E-state index is 0.185. The highest BCUT2D eigenvalue weighted by Crippen LogP contribution is 2.31. The Balaban J connectivity index is 1.56. The van der Waals surface area contributed by atoms with Gasteiger partial charge in [-0.2, -0.15) is 0 Å². The van der Waals surface area contributed by atoms with Gasteiger partial charge < -0.3 is 14.8 Å². The molecule has 2 unspecified atom stereocenters. The topological polar surface area (TPSA) is 63.1 Å². The van der Waals surface area contributed by atoms with Gasteiger partial charge in [-0.15, -0.1) is 10.2 Å². The zero-order chi connectivity index (χ0) is 15.1. The lowest BCUT2D eigenvalue weighted by Crippen LogP contribution is -2.31. The van der Waals surface area contributed by atoms with Crippen LogP contribution in [0.5, 0.6) is 0 Å². The second-order valence-electron chi connectivity index (χ2n) is 6.32. The molecule has 2 aliphatic heterocycles. The molecule has 1 N–H and O–H groups in total. The molecule has 0 aliphatic carbocycles. The van der Waals surface area contributed by atoms with E-state index >= 15 is 0 Å². The summed E-state index contributed by atoms with van der Waals surface area (Å²) < 4.78 is 2.00. The van der Waals surface area contributed by atoms with Gasteiger partial charge in [0.15, 0.2) is 0 Å². The van der Waals surface area contributed by atoms with Crippen molar-refractivity contribution in [3.05, 3.63) is 42.0 Å². The van der Waals surface area contributed by atoms with Gasteiger partial charge in [0, 0.05) is 31.7 Å². The number of nitrogens with zero attached hydrogens (tertiary/aromatic N) is 4. The number of carbonyl (C=O) groups is 1. The second-order valence-corrected chi connectivity index (χ2v) is 6.32. The van der Waals surface area contributed by atoms with Crippen LogP contribution >= 0.6 is 0 Å². The van der Waals surface area contributed by atoms with Gasteiger partial charge in [-0.05, 0) is 31.0 Å². The standard InChI is InChI=1S/C16H19N5O/c1-20-8-11-7-14-18-19-15(21(14)10-12(11)9-20)16(22)17-13-5-3-2-4-6-13/h2-6,11-12H,7-10H2,1H3,(H,17,22). The van der Waals surface area contributed by atoms with Crippen molar-refractivity contribution in [2.24, 2.45) is 11.8 Å². The van der Waals surface area contributed by atoms with Crippen molar-refractivity contribution >= 4 is 11.6 Å². The Morgan fingerprint density at radius 1 is 1.14 bits per heavy atom. The summed E-state index contributed by atoms with van der Waals surface area (Å²) >= 11 is 0. The van der Waals surface area contributed by atoms with Crippen LogP contribution in [0.2, 0.25) is 0 Å². The SMILES string of the molecule is CN1CC2Cc3nnc(C(=O)Nc4ccccc4)n3CC2C1. The fourth-order valence-corrected chi connectivity index (χ4v) is 3.64. The highest BCUT2D eigenvalue weighted by Gasteiger charge is 2.37. The number of aromatic nitrogens is 3. The summed E-state index contributed by atoms with van der Waals surface area (Å²) in [4.78, 5) is 14.8. The molecule has 22 heavy (non-hydrogen) atoms. The molecule has 1 aromatic heterocycles. The quantitative estimate of drug-likeness (QED) is 0.906. The zero-order valence-electron chi connectivity index (χ0n) is 12.6. The van der Waals surface area contributed by atoms with E-state index in [0.29, 0.717) is 17.7 Å². The molecule has 1 saturated heterocycles. The fraction of sp³-hybridized carbons (Fsp3) is 0.438. The van der Waals surface area contributed by atoms with E-state index in [1.54, 1.807) is 0 Å². The van der Waals surface area contributed by atoms with E-state index in [0.717, 1.165) is 37.6 Å². The van der Waals surface area contributed by atoms with E-state index in [9.17, 15) is 4.79 Å². The van der Waals surface area contributed by atoms with Crippen molar-refractivity contribution < 1.29 is 4.79 Å². The molecule has 114 valence electrons. The van der Waals surface area contributed by atoms with Gasteiger partial charge >= 0.3 is 0 Å². The van der Waals surface area contributed by atoms with E-state index in [4.69, 9.17) is 0 Å². The van der Waals surface area contributed by atoms with Gasteiger partial charge in [-0.1, -0.05) is 18.2 Å². The first kappa shape index (κ1) is 13.5. The first-order valence-corrected chi connectivity index (χ1v) is 7.68. The Labute approximate surface area is 129 Å². The molecule has 6 heteroatoms. The minimum atomic E-state index is -0.185. The maximum atomic E-state index is 12.5. The van der Waals surface area contributed by atoms with Gasteiger partial charge in [0.1, 0.15) is 5.82 Å². The lowest BCUT2D eigenvalue weighted by atomic mass is 9.89. The van der Waals surface area contributed by atoms with Crippen molar-refractivity contribution in [1.29, 1.82) is 0 Å². The molecule has 2 aliphatic rings. The van der Waals surface area contributed by atoms with Crippen molar-refractivity contribution in [1.82, 2.24) is 19.7 Å². The number of anilines is 1. The van der Waals surface area contributed by atoms with Gasteiger partial charge in [0.2, 0.25) is 5.82 Å². The van der Waals surface area contributed by atoms with Gasteiger partial charge in [-0.3, -0.25) is 4.79 Å². The molecule has 4 rings (SSSR count). The number of rotatable bonds is 2. The highest BCUT2D eigenvalue weighted by molar-refractivity contribution is 6.01. The predicted octanol–water partition coefficient (Wildman–Crippen LogP) is 1.26. The molecule has 0 spiro atoms. The summed E-state index contributed by atoms with van der Waals surface area (Å²) in [6.45, 7) is 3.04. The maximum Gasteiger partial charge on any atom is 0.293 e. The largest absolute Gasteiger partial charge is 0.319 e. The summed E-state index contributed by atoms with van der Waals surface area (Å²) in [6, 6.07) is 9.45. The third kappa shape index (κ3) is 2.29. The molecule has 2 aromatic rings. The first-order chi connectivity index (χ1) is 10.7. The van der Waals surface area contributed by atoms with Crippen LogP contribution in [0.1, 0.15) is 16.4 Å². The molecule has 1 amide bonds. The Hall–Kier alpha value is -2.21. The number of amides is 1. The van der Waals surface area contributed by atoms with Crippen molar-refractivity contribution in [2.75, 3.05) is 25.5 Å². The van der Waals surface area contributed by atoms with Crippen LogP contribution in [-0.4, -0.2) is 45.7 Å². The van der Waals surface area contributed by atoms with Gasteiger partial charge in [-0.25, -0.2) is 0 Å². The number of benzene rings is 1. The lowest BCUT2D eigenvalue weighted by Gasteiger charge is -2.25. The van der Waals surface area contributed by atoms with Crippen LogP contribution in [0.15, 0.2) is 30.3 Å². The third-order valence-corrected chi connectivity index (χ3v) is 4.68. The molecular weight excluding hydrogens is 278 g/mol. The summed E-state index contributed by atoms with van der Waals surface area (Å²) in [6.07, 6.45) is 0.917.